The predicted octanol–water partition coefficient (Wildman–Crippen LogP) is 2.88. The standard InChI is InChI=1S/C12H17F3O3/c1-10(2)5-4-6-11(3,8(10)16)7-18-9(17)12(13,14)15/h4-7H2,1-3H3. The van der Waals surface area contributed by atoms with Crippen molar-refractivity contribution in [3.05, 3.63) is 0 Å². The Morgan fingerprint density at radius 2 is 1.83 bits per heavy atom. The van der Waals surface area contributed by atoms with Crippen molar-refractivity contribution in [3.63, 3.8) is 0 Å². The molecule has 0 N–H and O–H groups in total. The van der Waals surface area contributed by atoms with Gasteiger partial charge in [-0.1, -0.05) is 20.3 Å². The van der Waals surface area contributed by atoms with Gasteiger partial charge in [-0.15, -0.1) is 0 Å². The van der Waals surface area contributed by atoms with E-state index in [0.29, 0.717) is 12.8 Å². The maximum atomic E-state index is 12.2. The van der Waals surface area contributed by atoms with Gasteiger partial charge in [-0.3, -0.25) is 4.79 Å². The number of ketones is 1. The molecule has 1 fully saturated rings. The van der Waals surface area contributed by atoms with Gasteiger partial charge in [0.15, 0.2) is 0 Å². The number of esters is 1. The first-order chi connectivity index (χ1) is 7.99. The Balaban J connectivity index is 2.71. The molecule has 0 aromatic rings. The molecule has 0 aliphatic heterocycles. The van der Waals surface area contributed by atoms with E-state index in [-0.39, 0.29) is 5.78 Å². The molecule has 0 spiro atoms. The summed E-state index contributed by atoms with van der Waals surface area (Å²) in [5.41, 5.74) is -1.58. The van der Waals surface area contributed by atoms with Crippen LogP contribution in [0.25, 0.3) is 0 Å². The van der Waals surface area contributed by atoms with E-state index in [4.69, 9.17) is 0 Å². The monoisotopic (exact) mass is 266 g/mol. The Bertz CT molecular complexity index is 360. The maximum Gasteiger partial charge on any atom is 0.490 e. The van der Waals surface area contributed by atoms with Crippen molar-refractivity contribution in [1.29, 1.82) is 0 Å². The fourth-order valence-corrected chi connectivity index (χ4v) is 2.41. The highest BCUT2D eigenvalue weighted by Crippen LogP contribution is 2.43. The Hall–Kier alpha value is -1.07. The van der Waals surface area contributed by atoms with Crippen molar-refractivity contribution in [1.82, 2.24) is 0 Å². The van der Waals surface area contributed by atoms with Gasteiger partial charge in [0.1, 0.15) is 12.4 Å². The first-order valence-electron chi connectivity index (χ1n) is 5.78. The summed E-state index contributed by atoms with van der Waals surface area (Å²) in [6.45, 7) is 4.57. The van der Waals surface area contributed by atoms with Crippen LogP contribution in [0.4, 0.5) is 13.2 Å². The molecule has 6 heteroatoms. The molecule has 18 heavy (non-hydrogen) atoms. The van der Waals surface area contributed by atoms with Crippen LogP contribution < -0.4 is 0 Å². The number of rotatable bonds is 2. The van der Waals surface area contributed by atoms with Gasteiger partial charge in [-0.05, 0) is 19.8 Å². The summed E-state index contributed by atoms with van der Waals surface area (Å²) in [4.78, 5) is 22.8. The summed E-state index contributed by atoms with van der Waals surface area (Å²) >= 11 is 0. The molecular weight excluding hydrogens is 249 g/mol. The molecule has 0 amide bonds. The second kappa shape index (κ2) is 4.55. The third-order valence-electron chi connectivity index (χ3n) is 3.45. The van der Waals surface area contributed by atoms with Crippen LogP contribution in [0.3, 0.4) is 0 Å². The number of carbonyl (C=O) groups is 2. The van der Waals surface area contributed by atoms with E-state index in [1.165, 1.54) is 0 Å². The highest BCUT2D eigenvalue weighted by atomic mass is 19.4. The van der Waals surface area contributed by atoms with E-state index >= 15 is 0 Å². The SMILES string of the molecule is CC1(C)CCCC(C)(COC(=O)C(F)(F)F)C1=O. The molecule has 1 atom stereocenters. The van der Waals surface area contributed by atoms with Crippen molar-refractivity contribution in [2.24, 2.45) is 10.8 Å². The van der Waals surface area contributed by atoms with E-state index in [2.05, 4.69) is 4.74 Å². The second-order valence-electron chi connectivity index (χ2n) is 5.70. The van der Waals surface area contributed by atoms with Gasteiger partial charge in [-0.25, -0.2) is 4.79 Å². The number of hydrogen-bond acceptors (Lipinski definition) is 3. The number of alkyl halides is 3. The molecule has 104 valence electrons. The van der Waals surface area contributed by atoms with Crippen molar-refractivity contribution >= 4 is 11.8 Å². The van der Waals surface area contributed by atoms with Crippen LogP contribution >= 0.6 is 0 Å². The van der Waals surface area contributed by atoms with Crippen molar-refractivity contribution in [2.75, 3.05) is 6.61 Å². The zero-order chi connectivity index (χ0) is 14.2. The molecule has 0 saturated heterocycles. The minimum Gasteiger partial charge on any atom is -0.458 e. The van der Waals surface area contributed by atoms with Crippen molar-refractivity contribution in [3.8, 4) is 0 Å². The summed E-state index contributed by atoms with van der Waals surface area (Å²) in [6.07, 6.45) is -3.13. The first-order valence-corrected chi connectivity index (χ1v) is 5.78. The number of halogens is 3. The van der Waals surface area contributed by atoms with E-state index in [1.54, 1.807) is 20.8 Å². The van der Waals surface area contributed by atoms with Gasteiger partial charge in [-0.2, -0.15) is 13.2 Å². The lowest BCUT2D eigenvalue weighted by atomic mass is 9.63. The number of carbonyl (C=O) groups excluding carboxylic acids is 2. The molecule has 0 heterocycles. The van der Waals surface area contributed by atoms with Crippen LogP contribution in [0.2, 0.25) is 0 Å². The Labute approximate surface area is 104 Å². The maximum absolute atomic E-state index is 12.2. The van der Waals surface area contributed by atoms with Crippen LogP contribution in [0.1, 0.15) is 40.0 Å². The fourth-order valence-electron chi connectivity index (χ4n) is 2.41. The van der Waals surface area contributed by atoms with Crippen LogP contribution in [0.5, 0.6) is 0 Å². The zero-order valence-electron chi connectivity index (χ0n) is 10.7. The average Bonchev–Trinajstić information content (AvgIpc) is 2.21. The van der Waals surface area contributed by atoms with E-state index in [0.717, 1.165) is 6.42 Å². The van der Waals surface area contributed by atoms with E-state index < -0.39 is 29.6 Å². The summed E-state index contributed by atoms with van der Waals surface area (Å²) in [5, 5.41) is 0. The molecule has 0 bridgehead atoms. The number of Topliss-reactive ketones (excluding diaryl/α,β-unsaturated/α-hetero) is 1. The lowest BCUT2D eigenvalue weighted by molar-refractivity contribution is -0.203. The molecule has 3 nitrogen and oxygen atoms in total. The summed E-state index contributed by atoms with van der Waals surface area (Å²) < 4.78 is 40.3. The highest BCUT2D eigenvalue weighted by molar-refractivity contribution is 5.90. The van der Waals surface area contributed by atoms with Gasteiger partial charge in [0, 0.05) is 5.41 Å². The average molecular weight is 266 g/mol. The van der Waals surface area contributed by atoms with Crippen molar-refractivity contribution in [2.45, 2.75) is 46.2 Å². The minimum absolute atomic E-state index is 0.142. The van der Waals surface area contributed by atoms with E-state index in [9.17, 15) is 22.8 Å². The smallest absolute Gasteiger partial charge is 0.458 e. The summed E-state index contributed by atoms with van der Waals surface area (Å²) in [7, 11) is 0. The Morgan fingerprint density at radius 3 is 2.33 bits per heavy atom. The van der Waals surface area contributed by atoms with Gasteiger partial charge in [0.05, 0.1) is 5.41 Å². The normalized spacial score (nSPS) is 28.0. The fraction of sp³-hybridized carbons (Fsp3) is 0.833. The Kier molecular flexibility index (Phi) is 3.79. The van der Waals surface area contributed by atoms with Gasteiger partial charge >= 0.3 is 12.1 Å². The number of hydrogen-bond donors (Lipinski definition) is 0. The molecule has 1 saturated carbocycles. The zero-order valence-corrected chi connectivity index (χ0v) is 10.7. The topological polar surface area (TPSA) is 43.4 Å². The van der Waals surface area contributed by atoms with Crippen LogP contribution in [0.15, 0.2) is 0 Å². The minimum atomic E-state index is -5.01. The highest BCUT2D eigenvalue weighted by Gasteiger charge is 2.48. The summed E-state index contributed by atoms with van der Waals surface area (Å²) in [5.74, 6) is -2.38. The lowest BCUT2D eigenvalue weighted by Gasteiger charge is -2.40. The van der Waals surface area contributed by atoms with Crippen LogP contribution in [-0.4, -0.2) is 24.5 Å². The van der Waals surface area contributed by atoms with Gasteiger partial charge < -0.3 is 4.74 Å². The van der Waals surface area contributed by atoms with Crippen molar-refractivity contribution < 1.29 is 27.5 Å². The Morgan fingerprint density at radius 1 is 1.28 bits per heavy atom. The predicted molar refractivity (Wildman–Crippen MR) is 57.8 cm³/mol. The third-order valence-corrected chi connectivity index (χ3v) is 3.45. The first kappa shape index (κ1) is 15.0. The molecule has 1 aliphatic carbocycles. The molecule has 0 aromatic carbocycles. The third kappa shape index (κ3) is 3.03. The van der Waals surface area contributed by atoms with Crippen LogP contribution in [-0.2, 0) is 14.3 Å². The lowest BCUT2D eigenvalue weighted by Crippen LogP contribution is -2.46. The molecule has 1 aliphatic rings. The molecule has 0 radical (unpaired) electrons. The molecule has 1 rings (SSSR count). The molecule has 1 unspecified atom stereocenters. The summed E-state index contributed by atoms with van der Waals surface area (Å²) in [6, 6.07) is 0. The van der Waals surface area contributed by atoms with Gasteiger partial charge in [0.25, 0.3) is 0 Å². The molecule has 0 aromatic heterocycles. The largest absolute Gasteiger partial charge is 0.490 e. The van der Waals surface area contributed by atoms with Gasteiger partial charge in [0.2, 0.25) is 0 Å². The molecular formula is C12H17F3O3. The quantitative estimate of drug-likeness (QED) is 0.722. The second-order valence-corrected chi connectivity index (χ2v) is 5.70. The van der Waals surface area contributed by atoms with E-state index in [1.807, 2.05) is 0 Å². The van der Waals surface area contributed by atoms with Crippen LogP contribution in [0, 0.1) is 10.8 Å². The number of ether oxygens (including phenoxy) is 1.